The minimum Gasteiger partial charge on any atom is -0.316 e. The molecule has 0 radical (unpaired) electrons. The van der Waals surface area contributed by atoms with Crippen molar-refractivity contribution in [3.63, 3.8) is 0 Å². The van der Waals surface area contributed by atoms with Crippen LogP contribution < -0.4 is 5.32 Å². The minimum absolute atomic E-state index is 0.0686. The average molecular weight is 619 g/mol. The van der Waals surface area contributed by atoms with E-state index in [1.54, 1.807) is 6.08 Å². The van der Waals surface area contributed by atoms with Crippen LogP contribution in [0.1, 0.15) is 52.7 Å². The number of benzene rings is 4. The fourth-order valence-electron chi connectivity index (χ4n) is 4.33. The molecule has 0 aliphatic rings. The van der Waals surface area contributed by atoms with Crippen LogP contribution in [0.15, 0.2) is 109 Å². The summed E-state index contributed by atoms with van der Waals surface area (Å²) in [5.74, 6) is 12.8. The molecule has 2 nitrogen and oxygen atoms in total. The molecule has 0 spiro atoms. The van der Waals surface area contributed by atoms with Gasteiger partial charge in [0.25, 0.3) is 0 Å². The van der Waals surface area contributed by atoms with Gasteiger partial charge in [0.05, 0.1) is 0 Å². The highest BCUT2D eigenvalue weighted by molar-refractivity contribution is 6.18. The fraction of sp³-hybridized carbons (Fsp3) is 0.333. The van der Waals surface area contributed by atoms with Gasteiger partial charge < -0.3 is 5.32 Å². The minimum atomic E-state index is 0.0686. The van der Waals surface area contributed by atoms with Crippen molar-refractivity contribution in [1.29, 1.82) is 0 Å². The van der Waals surface area contributed by atoms with Crippen molar-refractivity contribution in [2.75, 3.05) is 26.5 Å². The zero-order valence-corrected chi connectivity index (χ0v) is 29.3. The molecule has 0 fully saturated rings. The van der Waals surface area contributed by atoms with Gasteiger partial charge in [-0.2, -0.15) is 0 Å². The van der Waals surface area contributed by atoms with Gasteiger partial charge in [-0.15, -0.1) is 11.6 Å². The van der Waals surface area contributed by atoms with Crippen molar-refractivity contribution in [3.8, 4) is 23.7 Å². The van der Waals surface area contributed by atoms with E-state index >= 15 is 0 Å². The van der Waals surface area contributed by atoms with Crippen molar-refractivity contribution in [2.24, 2.45) is 10.8 Å². The van der Waals surface area contributed by atoms with E-state index in [0.717, 1.165) is 19.6 Å². The predicted octanol–water partition coefficient (Wildman–Crippen LogP) is 10.3. The Labute approximate surface area is 278 Å². The number of likely N-dealkylation sites (N-methyl/N-ethyl adjacent to an activating group) is 1. The Morgan fingerprint density at radius 1 is 0.667 bits per heavy atom. The van der Waals surface area contributed by atoms with Crippen LogP contribution in [0.25, 0.3) is 21.5 Å². The molecule has 0 unspecified atom stereocenters. The number of alkyl halides is 1. The van der Waals surface area contributed by atoms with Crippen molar-refractivity contribution < 1.29 is 0 Å². The van der Waals surface area contributed by atoms with Gasteiger partial charge >= 0.3 is 0 Å². The van der Waals surface area contributed by atoms with Gasteiger partial charge in [0.2, 0.25) is 0 Å². The van der Waals surface area contributed by atoms with Crippen molar-refractivity contribution in [2.45, 2.75) is 54.6 Å². The Morgan fingerprint density at radius 2 is 1.13 bits per heavy atom. The number of hydrogen-bond acceptors (Lipinski definition) is 2. The molecule has 1 N–H and O–H groups in total. The maximum absolute atomic E-state index is 5.40. The third kappa shape index (κ3) is 15.7. The Kier molecular flexibility index (Phi) is 16.3. The summed E-state index contributed by atoms with van der Waals surface area (Å²) in [6, 6.07) is 30.0. The summed E-state index contributed by atoms with van der Waals surface area (Å²) in [6.07, 6.45) is 7.72. The Hall–Kier alpha value is -3.79. The van der Waals surface area contributed by atoms with E-state index < -0.39 is 0 Å². The van der Waals surface area contributed by atoms with Crippen LogP contribution in [-0.4, -0.2) is 31.4 Å². The molecule has 0 bridgehead atoms. The molecule has 0 amide bonds. The summed E-state index contributed by atoms with van der Waals surface area (Å²) >= 11 is 5.40. The third-order valence-electron chi connectivity index (χ3n) is 6.37. The Balaban J connectivity index is 0.000000260. The smallest absolute Gasteiger partial charge is 0.0413 e. The second-order valence-corrected chi connectivity index (χ2v) is 13.3. The summed E-state index contributed by atoms with van der Waals surface area (Å²) in [5.41, 5.74) is 2.89. The highest BCUT2D eigenvalue weighted by atomic mass is 35.5. The summed E-state index contributed by atoms with van der Waals surface area (Å²) < 4.78 is 0. The maximum atomic E-state index is 5.40. The lowest BCUT2D eigenvalue weighted by atomic mass is 9.98. The molecule has 4 aromatic rings. The molecule has 3 heteroatoms. The third-order valence-corrected chi connectivity index (χ3v) is 6.55. The molecular weight excluding hydrogens is 568 g/mol. The van der Waals surface area contributed by atoms with Crippen LogP contribution in [-0.2, 0) is 13.1 Å². The van der Waals surface area contributed by atoms with Gasteiger partial charge in [-0.3, -0.25) is 4.90 Å². The zero-order chi connectivity index (χ0) is 33.1. The molecule has 0 aromatic heterocycles. The van der Waals surface area contributed by atoms with E-state index in [-0.39, 0.29) is 10.8 Å². The van der Waals surface area contributed by atoms with Crippen molar-refractivity contribution in [3.05, 3.63) is 120 Å². The first kappa shape index (κ1) is 37.4. The highest BCUT2D eigenvalue weighted by Crippen LogP contribution is 2.20. The van der Waals surface area contributed by atoms with E-state index in [1.165, 1.54) is 32.7 Å². The molecule has 4 rings (SSSR count). The Bertz CT molecular complexity index is 1630. The molecule has 4 aromatic carbocycles. The first-order valence-corrected chi connectivity index (χ1v) is 16.1. The topological polar surface area (TPSA) is 15.3 Å². The molecule has 0 aliphatic heterocycles. The molecule has 0 aliphatic carbocycles. The summed E-state index contributed by atoms with van der Waals surface area (Å²) in [4.78, 5) is 2.30. The SMILES string of the molecule is CC(C)(C)C#C/C=C/CCl.CN(C/C=C/C#CC(C)(C)C)Cc1cccc2ccccc12.CNCc1cccc2ccccc12. The second-order valence-electron chi connectivity index (χ2n) is 13.0. The average Bonchev–Trinajstić information content (AvgIpc) is 2.99. The standard InChI is InChI=1S/C21H25N.C12H13N.C9H13Cl/c1-21(2,3)15-8-5-9-16-22(4)17-19-13-10-12-18-11-6-7-14-20(18)19;1-13-9-11-7-4-6-10-5-2-3-8-12(10)11;1-9(2,3)7-5-4-6-8-10/h5-7,9-14H,16-17H2,1-4H3;2-8,13H,9H2,1H3;4,6H,8H2,1-3H3/b9-5+;;6-4+. The lowest BCUT2D eigenvalue weighted by Crippen LogP contribution is -2.17. The van der Waals surface area contributed by atoms with Crippen molar-refractivity contribution in [1.82, 2.24) is 10.2 Å². The quantitative estimate of drug-likeness (QED) is 0.164. The molecule has 0 saturated carbocycles. The van der Waals surface area contributed by atoms with Gasteiger partial charge in [0.1, 0.15) is 0 Å². The van der Waals surface area contributed by atoms with Crippen molar-refractivity contribution >= 4 is 33.1 Å². The summed E-state index contributed by atoms with van der Waals surface area (Å²) in [6.45, 7) is 15.4. The van der Waals surface area contributed by atoms with Gasteiger partial charge in [-0.25, -0.2) is 0 Å². The van der Waals surface area contributed by atoms with Gasteiger partial charge in [0.15, 0.2) is 0 Å². The van der Waals surface area contributed by atoms with E-state index in [1.807, 2.05) is 19.2 Å². The van der Waals surface area contributed by atoms with E-state index in [4.69, 9.17) is 11.6 Å². The lowest BCUT2D eigenvalue weighted by molar-refractivity contribution is 0.365. The number of nitrogens with zero attached hydrogens (tertiary/aromatic N) is 1. The number of halogens is 1. The molecule has 0 heterocycles. The molecule has 0 saturated heterocycles. The van der Waals surface area contributed by atoms with Crippen LogP contribution in [0.4, 0.5) is 0 Å². The van der Waals surface area contributed by atoms with Crippen LogP contribution in [0.2, 0.25) is 0 Å². The first-order valence-electron chi connectivity index (χ1n) is 15.6. The summed E-state index contributed by atoms with van der Waals surface area (Å²) in [5, 5.41) is 8.48. The number of nitrogens with one attached hydrogen (secondary N) is 1. The number of rotatable bonds is 7. The van der Waals surface area contributed by atoms with E-state index in [9.17, 15) is 0 Å². The van der Waals surface area contributed by atoms with Crippen LogP contribution in [0.5, 0.6) is 0 Å². The molecular formula is C42H51ClN2. The summed E-state index contributed by atoms with van der Waals surface area (Å²) in [7, 11) is 4.12. The lowest BCUT2D eigenvalue weighted by Gasteiger charge is -2.15. The Morgan fingerprint density at radius 3 is 1.64 bits per heavy atom. The largest absolute Gasteiger partial charge is 0.316 e. The van der Waals surface area contributed by atoms with Gasteiger partial charge in [0, 0.05) is 36.3 Å². The van der Waals surface area contributed by atoms with Crippen LogP contribution >= 0.6 is 11.6 Å². The second kappa shape index (κ2) is 19.6. The monoisotopic (exact) mass is 618 g/mol. The van der Waals surface area contributed by atoms with Crippen LogP contribution in [0, 0.1) is 34.5 Å². The highest BCUT2D eigenvalue weighted by Gasteiger charge is 2.04. The van der Waals surface area contributed by atoms with E-state index in [0.29, 0.717) is 5.88 Å². The molecule has 0 atom stereocenters. The molecule has 45 heavy (non-hydrogen) atoms. The van der Waals surface area contributed by atoms with Crippen LogP contribution in [0.3, 0.4) is 0 Å². The zero-order valence-electron chi connectivity index (χ0n) is 28.5. The number of hydrogen-bond donors (Lipinski definition) is 1. The molecule has 236 valence electrons. The normalized spacial score (nSPS) is 11.3. The fourth-order valence-corrected chi connectivity index (χ4v) is 4.42. The van der Waals surface area contributed by atoms with Gasteiger partial charge in [-0.1, -0.05) is 121 Å². The van der Waals surface area contributed by atoms with E-state index in [2.05, 4.69) is 173 Å². The van der Waals surface area contributed by atoms with Gasteiger partial charge in [-0.05, 0) is 100 Å². The number of allylic oxidation sites excluding steroid dienone is 3. The predicted molar refractivity (Wildman–Crippen MR) is 200 cm³/mol. The first-order chi connectivity index (χ1) is 21.4. The maximum Gasteiger partial charge on any atom is 0.0413 e. The number of fused-ring (bicyclic) bond motifs is 2.